The Morgan fingerprint density at radius 1 is 1.20 bits per heavy atom. The average Bonchev–Trinajstić information content (AvgIpc) is 2.98. The molecule has 1 aliphatic rings. The average molecular weight is 270 g/mol. The summed E-state index contributed by atoms with van der Waals surface area (Å²) in [5, 5.41) is 12.1. The second-order valence-corrected chi connectivity index (χ2v) is 5.46. The Labute approximate surface area is 120 Å². The number of nitrogens with one attached hydrogen (secondary N) is 1. The lowest BCUT2D eigenvalue weighted by Gasteiger charge is -2.32. The third-order valence-electron chi connectivity index (χ3n) is 4.19. The van der Waals surface area contributed by atoms with E-state index >= 15 is 0 Å². The largest absolute Gasteiger partial charge is 0.314 e. The lowest BCUT2D eigenvalue weighted by molar-refractivity contribution is 0.324. The van der Waals surface area contributed by atoms with Crippen molar-refractivity contribution in [3.8, 4) is 5.69 Å². The molecule has 106 valence electrons. The van der Waals surface area contributed by atoms with Gasteiger partial charge < -0.3 is 5.32 Å². The molecule has 0 radical (unpaired) electrons. The molecule has 4 heteroatoms. The summed E-state index contributed by atoms with van der Waals surface area (Å²) in [6.07, 6.45) is 7.03. The van der Waals surface area contributed by atoms with Gasteiger partial charge in [-0.25, -0.2) is 4.68 Å². The van der Waals surface area contributed by atoms with Gasteiger partial charge in [0, 0.05) is 12.0 Å². The molecule has 0 spiro atoms. The summed E-state index contributed by atoms with van der Waals surface area (Å²) in [6.45, 7) is 3.20. The Morgan fingerprint density at radius 3 is 2.80 bits per heavy atom. The van der Waals surface area contributed by atoms with Crippen LogP contribution >= 0.6 is 0 Å². The first kappa shape index (κ1) is 13.3. The zero-order valence-corrected chi connectivity index (χ0v) is 12.0. The van der Waals surface area contributed by atoms with Gasteiger partial charge in [-0.1, -0.05) is 43.2 Å². The smallest absolute Gasteiger partial charge is 0.0733 e. The highest BCUT2D eigenvalue weighted by molar-refractivity contribution is 5.32. The molecule has 1 aromatic heterocycles. The number of rotatable bonds is 4. The van der Waals surface area contributed by atoms with Crippen molar-refractivity contribution >= 4 is 0 Å². The molecule has 1 saturated carbocycles. The molecule has 0 aliphatic heterocycles. The lowest BCUT2D eigenvalue weighted by atomic mass is 9.82. The van der Waals surface area contributed by atoms with Crippen LogP contribution in [0.25, 0.3) is 5.69 Å². The normalized spacial score (nSPS) is 22.9. The van der Waals surface area contributed by atoms with Crippen LogP contribution in [0.1, 0.15) is 44.2 Å². The van der Waals surface area contributed by atoms with Crippen molar-refractivity contribution in [1.29, 1.82) is 0 Å². The number of benzene rings is 1. The van der Waals surface area contributed by atoms with Crippen LogP contribution in [0.5, 0.6) is 0 Å². The Morgan fingerprint density at radius 2 is 2.00 bits per heavy atom. The molecule has 2 aromatic rings. The fourth-order valence-electron chi connectivity index (χ4n) is 3.26. The molecular weight excluding hydrogens is 248 g/mol. The zero-order chi connectivity index (χ0) is 13.8. The number of aromatic nitrogens is 3. The SMILES string of the molecule is CCNC1CCCCC1c1cnnn1-c1ccccc1. The quantitative estimate of drug-likeness (QED) is 0.929. The molecule has 1 N–H and O–H groups in total. The molecule has 0 amide bonds. The summed E-state index contributed by atoms with van der Waals surface area (Å²) in [5.41, 5.74) is 2.34. The number of likely N-dealkylation sites (N-methyl/N-ethyl adjacent to an activating group) is 1. The van der Waals surface area contributed by atoms with Crippen molar-refractivity contribution in [2.45, 2.75) is 44.6 Å². The van der Waals surface area contributed by atoms with Crippen molar-refractivity contribution < 1.29 is 0 Å². The van der Waals surface area contributed by atoms with Crippen molar-refractivity contribution in [3.63, 3.8) is 0 Å². The summed E-state index contributed by atoms with van der Waals surface area (Å²) < 4.78 is 2.00. The van der Waals surface area contributed by atoms with Gasteiger partial charge in [-0.2, -0.15) is 0 Å². The first-order valence-electron chi connectivity index (χ1n) is 7.59. The highest BCUT2D eigenvalue weighted by Gasteiger charge is 2.29. The predicted molar refractivity (Wildman–Crippen MR) is 80.0 cm³/mol. The van der Waals surface area contributed by atoms with Gasteiger partial charge in [0.15, 0.2) is 0 Å². The van der Waals surface area contributed by atoms with Gasteiger partial charge in [-0.05, 0) is 31.5 Å². The highest BCUT2D eigenvalue weighted by atomic mass is 15.4. The Bertz CT molecular complexity index is 532. The molecule has 2 atom stereocenters. The second kappa shape index (κ2) is 6.18. The van der Waals surface area contributed by atoms with Crippen LogP contribution in [0.3, 0.4) is 0 Å². The summed E-state index contributed by atoms with van der Waals surface area (Å²) in [7, 11) is 0. The molecule has 1 fully saturated rings. The minimum Gasteiger partial charge on any atom is -0.314 e. The van der Waals surface area contributed by atoms with Gasteiger partial charge in [0.1, 0.15) is 0 Å². The van der Waals surface area contributed by atoms with Gasteiger partial charge in [0.05, 0.1) is 17.6 Å². The van der Waals surface area contributed by atoms with E-state index in [4.69, 9.17) is 0 Å². The Kier molecular flexibility index (Phi) is 4.11. The van der Waals surface area contributed by atoms with Crippen molar-refractivity contribution in [1.82, 2.24) is 20.3 Å². The predicted octanol–water partition coefficient (Wildman–Crippen LogP) is 2.90. The van der Waals surface area contributed by atoms with E-state index in [1.54, 1.807) is 0 Å². The van der Waals surface area contributed by atoms with E-state index in [1.807, 2.05) is 29.1 Å². The fourth-order valence-corrected chi connectivity index (χ4v) is 3.26. The van der Waals surface area contributed by atoms with E-state index in [-0.39, 0.29) is 0 Å². The number of nitrogens with zero attached hydrogens (tertiary/aromatic N) is 3. The molecule has 3 rings (SSSR count). The molecule has 20 heavy (non-hydrogen) atoms. The van der Waals surface area contributed by atoms with E-state index < -0.39 is 0 Å². The maximum atomic E-state index is 4.30. The number of hydrogen-bond acceptors (Lipinski definition) is 3. The van der Waals surface area contributed by atoms with E-state index in [2.05, 4.69) is 34.7 Å². The van der Waals surface area contributed by atoms with Gasteiger partial charge in [-0.3, -0.25) is 0 Å². The molecule has 2 unspecified atom stereocenters. The standard InChI is InChI=1S/C16H22N4/c1-2-17-15-11-7-6-10-14(15)16-12-18-19-20(16)13-8-4-3-5-9-13/h3-5,8-9,12,14-15,17H,2,6-7,10-11H2,1H3. The van der Waals surface area contributed by atoms with E-state index in [0.29, 0.717) is 12.0 Å². The first-order chi connectivity index (χ1) is 9.90. The molecule has 1 aliphatic carbocycles. The van der Waals surface area contributed by atoms with E-state index in [9.17, 15) is 0 Å². The molecule has 0 bridgehead atoms. The van der Waals surface area contributed by atoms with Gasteiger partial charge in [0.25, 0.3) is 0 Å². The first-order valence-corrected chi connectivity index (χ1v) is 7.59. The fraction of sp³-hybridized carbons (Fsp3) is 0.500. The monoisotopic (exact) mass is 270 g/mol. The van der Waals surface area contributed by atoms with Crippen LogP contribution in [0.15, 0.2) is 36.5 Å². The lowest BCUT2D eigenvalue weighted by Crippen LogP contribution is -2.37. The maximum absolute atomic E-state index is 4.30. The van der Waals surface area contributed by atoms with E-state index in [0.717, 1.165) is 12.2 Å². The number of hydrogen-bond donors (Lipinski definition) is 1. The Balaban J connectivity index is 1.92. The summed E-state index contributed by atoms with van der Waals surface area (Å²) >= 11 is 0. The minimum absolute atomic E-state index is 0.513. The number of para-hydroxylation sites is 1. The van der Waals surface area contributed by atoms with Crippen molar-refractivity contribution in [2.24, 2.45) is 0 Å². The molecular formula is C16H22N4. The van der Waals surface area contributed by atoms with Crippen LogP contribution in [0.2, 0.25) is 0 Å². The third kappa shape index (κ3) is 2.61. The third-order valence-corrected chi connectivity index (χ3v) is 4.19. The minimum atomic E-state index is 0.513. The molecule has 1 aromatic carbocycles. The van der Waals surface area contributed by atoms with Crippen LogP contribution in [0.4, 0.5) is 0 Å². The summed E-state index contributed by atoms with van der Waals surface area (Å²) in [4.78, 5) is 0. The maximum Gasteiger partial charge on any atom is 0.0733 e. The zero-order valence-electron chi connectivity index (χ0n) is 12.0. The van der Waals surface area contributed by atoms with Crippen molar-refractivity contribution in [3.05, 3.63) is 42.2 Å². The second-order valence-electron chi connectivity index (χ2n) is 5.46. The molecule has 1 heterocycles. The van der Waals surface area contributed by atoms with Gasteiger partial charge in [-0.15, -0.1) is 5.10 Å². The highest BCUT2D eigenvalue weighted by Crippen LogP contribution is 2.33. The molecule has 0 saturated heterocycles. The molecule has 4 nitrogen and oxygen atoms in total. The van der Waals surface area contributed by atoms with Crippen LogP contribution in [-0.2, 0) is 0 Å². The Hall–Kier alpha value is -1.68. The van der Waals surface area contributed by atoms with Gasteiger partial charge >= 0.3 is 0 Å². The topological polar surface area (TPSA) is 42.7 Å². The summed E-state index contributed by atoms with van der Waals surface area (Å²) in [5.74, 6) is 0.513. The van der Waals surface area contributed by atoms with Crippen molar-refractivity contribution in [2.75, 3.05) is 6.54 Å². The van der Waals surface area contributed by atoms with Crippen LogP contribution in [0, 0.1) is 0 Å². The van der Waals surface area contributed by atoms with Crippen LogP contribution < -0.4 is 5.32 Å². The van der Waals surface area contributed by atoms with Gasteiger partial charge in [0.2, 0.25) is 0 Å². The summed E-state index contributed by atoms with van der Waals surface area (Å²) in [6, 6.07) is 10.8. The van der Waals surface area contributed by atoms with Crippen LogP contribution in [-0.4, -0.2) is 27.6 Å². The van der Waals surface area contributed by atoms with E-state index in [1.165, 1.54) is 31.4 Å².